The number of aromatic nitrogens is 3. The predicted molar refractivity (Wildman–Crippen MR) is 204 cm³/mol. The van der Waals surface area contributed by atoms with E-state index in [-0.39, 0.29) is 29.6 Å². The zero-order valence-corrected chi connectivity index (χ0v) is 31.0. The van der Waals surface area contributed by atoms with Gasteiger partial charge >= 0.3 is 6.03 Å². The standard InChI is InChI=1S/C40H46N10O5/c1-47-17-18-50(40(47)54)28-3-2-16-48(21-28)32-19-42-35(37(41)52)38(44-32)43-26-9-4-23(5-10-26)24-6-11-27(12-7-24)49-20-25-8-13-29-34(46-55-36(29)31(25)22-49)30-14-15-33(51)45-39(30)53/h4-5,8-10,13,19,24,27-28,30H,2-3,6-7,11-12,14-18,20-22H2,1H3,(H2,41,52)(H,43,44)(H,45,51,53)/t24-,27-,28-,30?/m1/s1. The maximum Gasteiger partial charge on any atom is 0.320 e. The number of urea groups is 1. The number of nitrogens with one attached hydrogen (secondary N) is 2. The number of benzene rings is 2. The highest BCUT2D eigenvalue weighted by Gasteiger charge is 2.37. The molecule has 15 heteroatoms. The summed E-state index contributed by atoms with van der Waals surface area (Å²) in [6, 6.07) is 13.1. The summed E-state index contributed by atoms with van der Waals surface area (Å²) >= 11 is 0. The Labute approximate surface area is 318 Å². The molecular weight excluding hydrogens is 701 g/mol. The lowest BCUT2D eigenvalue weighted by Gasteiger charge is -2.37. The number of nitrogens with zero attached hydrogens (tertiary/aromatic N) is 7. The molecule has 5 amide bonds. The third kappa shape index (κ3) is 6.64. The van der Waals surface area contributed by atoms with Crippen molar-refractivity contribution >= 4 is 52.0 Å². The summed E-state index contributed by atoms with van der Waals surface area (Å²) in [5, 5.41) is 10.9. The number of hydrogen-bond donors (Lipinski definition) is 3. The highest BCUT2D eigenvalue weighted by Crippen LogP contribution is 2.41. The predicted octanol–water partition coefficient (Wildman–Crippen LogP) is 4.36. The minimum Gasteiger partial charge on any atom is -0.364 e. The second kappa shape index (κ2) is 14.3. The van der Waals surface area contributed by atoms with Crippen molar-refractivity contribution in [1.82, 2.24) is 35.1 Å². The normalized spacial score (nSPS) is 24.7. The molecular formula is C40H46N10O5. The highest BCUT2D eigenvalue weighted by molar-refractivity contribution is 6.02. The second-order valence-electron chi connectivity index (χ2n) is 15.7. The van der Waals surface area contributed by atoms with Gasteiger partial charge in [-0.2, -0.15) is 0 Å². The van der Waals surface area contributed by atoms with Gasteiger partial charge in [-0.15, -0.1) is 0 Å². The average Bonchev–Trinajstić information content (AvgIpc) is 3.92. The van der Waals surface area contributed by atoms with Crippen molar-refractivity contribution in [2.75, 3.05) is 43.4 Å². The first-order valence-electron chi connectivity index (χ1n) is 19.5. The van der Waals surface area contributed by atoms with Crippen molar-refractivity contribution in [2.24, 2.45) is 5.73 Å². The van der Waals surface area contributed by atoms with Crippen LogP contribution in [0.25, 0.3) is 11.0 Å². The third-order valence-corrected chi connectivity index (χ3v) is 12.4. The van der Waals surface area contributed by atoms with Crippen LogP contribution in [0.5, 0.6) is 0 Å². The van der Waals surface area contributed by atoms with Gasteiger partial charge < -0.3 is 30.3 Å². The fraction of sp³-hybridized carbons (Fsp3) is 0.475. The smallest absolute Gasteiger partial charge is 0.320 e. The monoisotopic (exact) mass is 746 g/mol. The number of hydrogen-bond acceptors (Lipinski definition) is 11. The summed E-state index contributed by atoms with van der Waals surface area (Å²) < 4.78 is 5.86. The largest absolute Gasteiger partial charge is 0.364 e. The van der Waals surface area contributed by atoms with Crippen molar-refractivity contribution in [3.05, 3.63) is 70.7 Å². The molecule has 4 aliphatic heterocycles. The van der Waals surface area contributed by atoms with Crippen molar-refractivity contribution < 1.29 is 23.7 Å². The van der Waals surface area contributed by atoms with E-state index in [2.05, 4.69) is 48.8 Å². The molecule has 0 radical (unpaired) electrons. The van der Waals surface area contributed by atoms with Crippen LogP contribution >= 0.6 is 0 Å². The molecule has 5 aliphatic rings. The average molecular weight is 747 g/mol. The zero-order valence-electron chi connectivity index (χ0n) is 31.0. The van der Waals surface area contributed by atoms with Crippen LogP contribution in [0.15, 0.2) is 47.1 Å². The van der Waals surface area contributed by atoms with Crippen molar-refractivity contribution in [3.63, 3.8) is 0 Å². The van der Waals surface area contributed by atoms with E-state index in [0.29, 0.717) is 48.7 Å². The van der Waals surface area contributed by atoms with Crippen LogP contribution in [0.1, 0.15) is 96.1 Å². The molecule has 2 aromatic heterocycles. The molecule has 1 saturated carbocycles. The van der Waals surface area contributed by atoms with Crippen LogP contribution < -0.4 is 21.3 Å². The molecule has 4 fully saturated rings. The number of primary amides is 1. The van der Waals surface area contributed by atoms with Gasteiger partial charge in [-0.25, -0.2) is 14.8 Å². The maximum absolute atomic E-state index is 12.7. The van der Waals surface area contributed by atoms with Gasteiger partial charge in [-0.3, -0.25) is 24.6 Å². The molecule has 9 rings (SSSR count). The van der Waals surface area contributed by atoms with Crippen LogP contribution in [0.4, 0.5) is 22.1 Å². The first kappa shape index (κ1) is 35.2. The number of rotatable bonds is 8. The Morgan fingerprint density at radius 2 is 1.76 bits per heavy atom. The van der Waals surface area contributed by atoms with E-state index < -0.39 is 11.8 Å². The number of likely N-dealkylation sites (N-methyl/N-ethyl adjacent to an activating group) is 1. The van der Waals surface area contributed by atoms with Crippen molar-refractivity contribution in [3.8, 4) is 0 Å². The molecule has 4 aromatic rings. The molecule has 55 heavy (non-hydrogen) atoms. The van der Waals surface area contributed by atoms with Crippen LogP contribution in [0.3, 0.4) is 0 Å². The second-order valence-corrected chi connectivity index (χ2v) is 15.7. The summed E-state index contributed by atoms with van der Waals surface area (Å²) in [6.07, 6.45) is 8.55. The van der Waals surface area contributed by atoms with E-state index in [1.807, 2.05) is 30.1 Å². The van der Waals surface area contributed by atoms with Gasteiger partial charge in [0.25, 0.3) is 5.91 Å². The Hall–Kier alpha value is -5.57. The molecule has 286 valence electrons. The lowest BCUT2D eigenvalue weighted by Crippen LogP contribution is -2.49. The van der Waals surface area contributed by atoms with Crippen LogP contribution in [-0.4, -0.2) is 98.9 Å². The van der Waals surface area contributed by atoms with Crippen LogP contribution in [0, 0.1) is 0 Å². The quantitative estimate of drug-likeness (QED) is 0.218. The molecule has 0 bridgehead atoms. The minimum absolute atomic E-state index is 0.0668. The first-order valence-corrected chi connectivity index (χ1v) is 19.5. The first-order chi connectivity index (χ1) is 26.7. The number of piperidine rings is 2. The van der Waals surface area contributed by atoms with Crippen molar-refractivity contribution in [1.29, 1.82) is 0 Å². The van der Waals surface area contributed by atoms with Gasteiger partial charge in [-0.1, -0.05) is 23.4 Å². The van der Waals surface area contributed by atoms with E-state index in [9.17, 15) is 19.2 Å². The molecule has 6 heterocycles. The Kier molecular flexibility index (Phi) is 9.11. The number of fused-ring (bicyclic) bond motifs is 3. The van der Waals surface area contributed by atoms with Crippen LogP contribution in [-0.2, 0) is 22.7 Å². The number of amides is 5. The summed E-state index contributed by atoms with van der Waals surface area (Å²) in [5.74, 6) is -0.255. The number of imide groups is 1. The highest BCUT2D eigenvalue weighted by atomic mass is 16.5. The Bertz CT molecular complexity index is 2160. The van der Waals surface area contributed by atoms with E-state index in [4.69, 9.17) is 15.2 Å². The van der Waals surface area contributed by atoms with Gasteiger partial charge in [-0.05, 0) is 80.2 Å². The summed E-state index contributed by atoms with van der Waals surface area (Å²) in [5.41, 5.74) is 11.6. The fourth-order valence-corrected chi connectivity index (χ4v) is 9.36. The van der Waals surface area contributed by atoms with Gasteiger partial charge in [0.05, 0.1) is 18.2 Å². The molecule has 2 aromatic carbocycles. The van der Waals surface area contributed by atoms with Gasteiger partial charge in [0.2, 0.25) is 11.8 Å². The summed E-state index contributed by atoms with van der Waals surface area (Å²) in [7, 11) is 1.84. The minimum atomic E-state index is -0.652. The van der Waals surface area contributed by atoms with Crippen molar-refractivity contribution in [2.45, 2.75) is 88.4 Å². The lowest BCUT2D eigenvalue weighted by molar-refractivity contribution is -0.134. The lowest BCUT2D eigenvalue weighted by atomic mass is 9.81. The number of carbonyl (C=O) groups excluding carboxylic acids is 4. The van der Waals surface area contributed by atoms with E-state index in [1.165, 1.54) is 11.1 Å². The Morgan fingerprint density at radius 1 is 0.945 bits per heavy atom. The number of nitrogens with two attached hydrogens (primary N) is 1. The topological polar surface area (TPSA) is 183 Å². The molecule has 2 atom stereocenters. The molecule has 0 spiro atoms. The molecule has 1 unspecified atom stereocenters. The number of carbonyl (C=O) groups is 4. The molecule has 15 nitrogen and oxygen atoms in total. The van der Waals surface area contributed by atoms with E-state index >= 15 is 0 Å². The number of anilines is 3. The van der Waals surface area contributed by atoms with Gasteiger partial charge in [0.15, 0.2) is 17.1 Å². The zero-order chi connectivity index (χ0) is 37.8. The summed E-state index contributed by atoms with van der Waals surface area (Å²) in [6.45, 7) is 4.56. The van der Waals surface area contributed by atoms with Gasteiger partial charge in [0, 0.05) is 75.4 Å². The third-order valence-electron chi connectivity index (χ3n) is 12.4. The Balaban J connectivity index is 0.825. The van der Waals surface area contributed by atoms with E-state index in [1.54, 1.807) is 11.1 Å². The summed E-state index contributed by atoms with van der Waals surface area (Å²) in [4.78, 5) is 66.9. The van der Waals surface area contributed by atoms with Gasteiger partial charge in [0.1, 0.15) is 11.5 Å². The maximum atomic E-state index is 12.7. The SMILES string of the molecule is CN1CCN([C@@H]2CCCN(c3cnc(C(N)=O)c(Nc4ccc([C@H]5CC[C@H](N6Cc7ccc8c(C9CCC(=O)NC9=O)noc8c7C6)CC5)cc4)n3)C2)C1=O. The molecule has 3 saturated heterocycles. The van der Waals surface area contributed by atoms with E-state index in [0.717, 1.165) is 93.5 Å². The Morgan fingerprint density at radius 3 is 2.51 bits per heavy atom. The fourth-order valence-electron chi connectivity index (χ4n) is 9.36. The molecule has 4 N–H and O–H groups in total. The van der Waals surface area contributed by atoms with Crippen LogP contribution in [0.2, 0.25) is 0 Å². The molecule has 1 aliphatic carbocycles.